The molecule has 0 saturated heterocycles. The van der Waals surface area contributed by atoms with E-state index in [9.17, 15) is 34.2 Å². The highest BCUT2D eigenvalue weighted by Crippen LogP contribution is 2.12. The fourth-order valence-electron chi connectivity index (χ4n) is 2.68. The zero-order chi connectivity index (χ0) is 25.1. The number of phenolic OH excluding ortho intramolecular Hbond substituents is 1. The fraction of sp³-hybridized carbons (Fsp3) is 0.450. The lowest BCUT2D eigenvalue weighted by Crippen LogP contribution is -2.58. The summed E-state index contributed by atoms with van der Waals surface area (Å²) in [5, 5.41) is 34.6. The second-order valence-electron chi connectivity index (χ2n) is 7.38. The van der Waals surface area contributed by atoms with Crippen LogP contribution in [0.25, 0.3) is 0 Å². The van der Waals surface area contributed by atoms with Crippen molar-refractivity contribution in [2.75, 3.05) is 6.54 Å². The van der Waals surface area contributed by atoms with Gasteiger partial charge in [-0.05, 0) is 31.0 Å². The van der Waals surface area contributed by atoms with Crippen LogP contribution in [0.2, 0.25) is 0 Å². The largest absolute Gasteiger partial charge is 0.508 e. The van der Waals surface area contributed by atoms with Gasteiger partial charge in [-0.2, -0.15) is 0 Å². The van der Waals surface area contributed by atoms with Gasteiger partial charge in [-0.1, -0.05) is 12.1 Å². The van der Waals surface area contributed by atoms with Crippen LogP contribution in [0.3, 0.4) is 0 Å². The molecule has 182 valence electrons. The second-order valence-corrected chi connectivity index (χ2v) is 7.38. The van der Waals surface area contributed by atoms with Crippen LogP contribution in [-0.4, -0.2) is 75.7 Å². The number of carboxylic acids is 1. The summed E-state index contributed by atoms with van der Waals surface area (Å²) >= 11 is 0. The van der Waals surface area contributed by atoms with Gasteiger partial charge in [-0.3, -0.25) is 24.0 Å². The summed E-state index contributed by atoms with van der Waals surface area (Å²) in [5.41, 5.74) is 11.3. The molecule has 0 saturated carbocycles. The van der Waals surface area contributed by atoms with Crippen LogP contribution in [0.15, 0.2) is 24.3 Å². The van der Waals surface area contributed by atoms with Crippen molar-refractivity contribution in [1.82, 2.24) is 16.0 Å². The van der Waals surface area contributed by atoms with Gasteiger partial charge < -0.3 is 42.7 Å². The molecule has 1 aromatic carbocycles. The summed E-state index contributed by atoms with van der Waals surface area (Å²) in [7, 11) is 0. The molecule has 0 aliphatic rings. The van der Waals surface area contributed by atoms with Crippen LogP contribution in [0, 0.1) is 0 Å². The van der Waals surface area contributed by atoms with Gasteiger partial charge in [0.1, 0.15) is 30.4 Å². The van der Waals surface area contributed by atoms with E-state index in [1.165, 1.54) is 31.2 Å². The monoisotopic (exact) mass is 467 g/mol. The number of nitrogens with one attached hydrogen (secondary N) is 3. The van der Waals surface area contributed by atoms with E-state index in [2.05, 4.69) is 16.0 Å². The normalized spacial score (nSPS) is 14.3. The van der Waals surface area contributed by atoms with Crippen LogP contribution in [0.4, 0.5) is 0 Å². The van der Waals surface area contributed by atoms with Crippen molar-refractivity contribution in [2.45, 2.75) is 50.4 Å². The molecule has 0 aliphatic carbocycles. The number of hydrogen-bond donors (Lipinski definition) is 8. The molecular formula is C20H29N5O8. The molecule has 0 bridgehead atoms. The van der Waals surface area contributed by atoms with Crippen LogP contribution in [-0.2, 0) is 30.4 Å². The molecule has 0 aliphatic heterocycles. The predicted octanol–water partition coefficient (Wildman–Crippen LogP) is -2.92. The average Bonchev–Trinajstić information content (AvgIpc) is 2.74. The minimum atomic E-state index is -1.33. The average molecular weight is 467 g/mol. The van der Waals surface area contributed by atoms with Crippen molar-refractivity contribution in [2.24, 2.45) is 11.5 Å². The first-order chi connectivity index (χ1) is 15.4. The first-order valence-electron chi connectivity index (χ1n) is 10.0. The summed E-state index contributed by atoms with van der Waals surface area (Å²) in [5.74, 6) is -4.57. The van der Waals surface area contributed by atoms with E-state index in [1.54, 1.807) is 0 Å². The Labute approximate surface area is 189 Å². The second kappa shape index (κ2) is 13.0. The Morgan fingerprint density at radius 1 is 0.970 bits per heavy atom. The standard InChI is InChI=1S/C20H29N5O8/c1-10(26)17(22)20(33)25-14(8-11-2-4-12(27)5-3-11)19(32)24-13(6-7-15(21)28)18(31)23-9-16(29)30/h2-5,10,13-14,17,26-27H,6-9,22H2,1H3,(H2,21,28)(H,23,31)(H,24,32)(H,25,33)(H,29,30). The Kier molecular flexibility index (Phi) is 10.7. The van der Waals surface area contributed by atoms with Crippen LogP contribution in [0.5, 0.6) is 5.75 Å². The van der Waals surface area contributed by atoms with E-state index in [1.807, 2.05) is 0 Å². The lowest BCUT2D eigenvalue weighted by Gasteiger charge is -2.24. The first-order valence-corrected chi connectivity index (χ1v) is 10.0. The molecule has 10 N–H and O–H groups in total. The summed E-state index contributed by atoms with van der Waals surface area (Å²) < 4.78 is 0. The molecule has 0 spiro atoms. The van der Waals surface area contributed by atoms with Gasteiger partial charge in [0, 0.05) is 12.8 Å². The lowest BCUT2D eigenvalue weighted by atomic mass is 10.0. The maximum absolute atomic E-state index is 12.9. The Morgan fingerprint density at radius 3 is 2.06 bits per heavy atom. The quantitative estimate of drug-likeness (QED) is 0.148. The third-order valence-corrected chi connectivity index (χ3v) is 4.56. The molecule has 4 unspecified atom stereocenters. The molecular weight excluding hydrogens is 438 g/mol. The number of aliphatic hydroxyl groups is 1. The number of aliphatic carboxylic acids is 1. The van der Waals surface area contributed by atoms with Crippen molar-refractivity contribution in [3.63, 3.8) is 0 Å². The number of nitrogens with two attached hydrogens (primary N) is 2. The summed E-state index contributed by atoms with van der Waals surface area (Å²) in [4.78, 5) is 59.5. The van der Waals surface area contributed by atoms with Crippen LogP contribution < -0.4 is 27.4 Å². The summed E-state index contributed by atoms with van der Waals surface area (Å²) in [6, 6.07) is 1.89. The fourth-order valence-corrected chi connectivity index (χ4v) is 2.68. The molecule has 1 rings (SSSR count). The molecule has 4 atom stereocenters. The van der Waals surface area contributed by atoms with Gasteiger partial charge >= 0.3 is 5.97 Å². The van der Waals surface area contributed by atoms with E-state index in [4.69, 9.17) is 16.6 Å². The molecule has 33 heavy (non-hydrogen) atoms. The highest BCUT2D eigenvalue weighted by Gasteiger charge is 2.29. The van der Waals surface area contributed by atoms with E-state index >= 15 is 0 Å². The SMILES string of the molecule is CC(O)C(N)C(=O)NC(Cc1ccc(O)cc1)C(=O)NC(CCC(N)=O)C(=O)NCC(=O)O. The van der Waals surface area contributed by atoms with E-state index < -0.39 is 60.4 Å². The third kappa shape index (κ3) is 9.97. The minimum absolute atomic E-state index is 0.0125. The number of carbonyl (C=O) groups excluding carboxylic acids is 4. The number of carbonyl (C=O) groups is 5. The number of carboxylic acid groups (broad SMARTS) is 1. The smallest absolute Gasteiger partial charge is 0.322 e. The van der Waals surface area contributed by atoms with Crippen LogP contribution in [0.1, 0.15) is 25.3 Å². The summed E-state index contributed by atoms with van der Waals surface area (Å²) in [6.07, 6.45) is -1.75. The van der Waals surface area contributed by atoms with E-state index in [0.717, 1.165) is 0 Å². The zero-order valence-electron chi connectivity index (χ0n) is 18.0. The van der Waals surface area contributed by atoms with E-state index in [0.29, 0.717) is 5.56 Å². The molecule has 0 heterocycles. The van der Waals surface area contributed by atoms with Crippen molar-refractivity contribution in [3.05, 3.63) is 29.8 Å². The molecule has 13 nitrogen and oxygen atoms in total. The molecule has 4 amide bonds. The van der Waals surface area contributed by atoms with Gasteiger partial charge in [0.25, 0.3) is 0 Å². The number of primary amides is 1. The Balaban J connectivity index is 3.07. The predicted molar refractivity (Wildman–Crippen MR) is 114 cm³/mol. The highest BCUT2D eigenvalue weighted by molar-refractivity contribution is 5.94. The van der Waals surface area contributed by atoms with Crippen molar-refractivity contribution >= 4 is 29.6 Å². The Morgan fingerprint density at radius 2 is 1.55 bits per heavy atom. The van der Waals surface area contributed by atoms with Gasteiger partial charge in [0.15, 0.2) is 0 Å². The van der Waals surface area contributed by atoms with Gasteiger partial charge in [-0.15, -0.1) is 0 Å². The lowest BCUT2D eigenvalue weighted by molar-refractivity contribution is -0.138. The Hall–Kier alpha value is -3.71. The van der Waals surface area contributed by atoms with Gasteiger partial charge in [-0.25, -0.2) is 0 Å². The van der Waals surface area contributed by atoms with Crippen molar-refractivity contribution in [1.29, 1.82) is 0 Å². The number of aliphatic hydroxyl groups excluding tert-OH is 1. The first kappa shape index (κ1) is 27.3. The number of hydrogen-bond acceptors (Lipinski definition) is 8. The van der Waals surface area contributed by atoms with Gasteiger partial charge in [0.2, 0.25) is 23.6 Å². The number of amides is 4. The maximum Gasteiger partial charge on any atom is 0.322 e. The molecule has 1 aromatic rings. The topological polar surface area (TPSA) is 234 Å². The summed E-state index contributed by atoms with van der Waals surface area (Å²) in [6.45, 7) is 0.588. The van der Waals surface area contributed by atoms with Gasteiger partial charge in [0.05, 0.1) is 6.10 Å². The molecule has 0 fully saturated rings. The third-order valence-electron chi connectivity index (χ3n) is 4.56. The maximum atomic E-state index is 12.9. The number of benzene rings is 1. The van der Waals surface area contributed by atoms with Crippen molar-refractivity contribution in [3.8, 4) is 5.75 Å². The van der Waals surface area contributed by atoms with Crippen molar-refractivity contribution < 1.29 is 39.3 Å². The molecule has 0 aromatic heterocycles. The highest BCUT2D eigenvalue weighted by atomic mass is 16.4. The van der Waals surface area contributed by atoms with E-state index in [-0.39, 0.29) is 25.0 Å². The number of aromatic hydroxyl groups is 1. The minimum Gasteiger partial charge on any atom is -0.508 e. The molecule has 13 heteroatoms. The number of rotatable bonds is 13. The number of phenols is 1. The van der Waals surface area contributed by atoms with Crippen LogP contribution >= 0.6 is 0 Å². The zero-order valence-corrected chi connectivity index (χ0v) is 18.0. The molecule has 0 radical (unpaired) electrons. The Bertz CT molecular complexity index is 859.